The fourth-order valence-corrected chi connectivity index (χ4v) is 1.67. The molecule has 0 spiro atoms. The van der Waals surface area contributed by atoms with Gasteiger partial charge in [-0.2, -0.15) is 4.79 Å². The predicted molar refractivity (Wildman–Crippen MR) is 85.9 cm³/mol. The van der Waals surface area contributed by atoms with Gasteiger partial charge in [0.05, 0.1) is 0 Å². The second-order valence-corrected chi connectivity index (χ2v) is 5.08. The van der Waals surface area contributed by atoms with Crippen LogP contribution in [0.1, 0.15) is 19.4 Å². The van der Waals surface area contributed by atoms with Crippen molar-refractivity contribution in [1.82, 2.24) is 10.2 Å². The lowest BCUT2D eigenvalue weighted by atomic mass is 10.2. The number of rotatable bonds is 6. The molecular weight excluding hydrogens is 328 g/mol. The maximum absolute atomic E-state index is 11.9. The topological polar surface area (TPSA) is 129 Å². The summed E-state index contributed by atoms with van der Waals surface area (Å²) in [7, 11) is 1.11. The van der Waals surface area contributed by atoms with Crippen LogP contribution in [0, 0.1) is 0 Å². The van der Waals surface area contributed by atoms with Crippen molar-refractivity contribution in [2.45, 2.75) is 26.5 Å². The van der Waals surface area contributed by atoms with Gasteiger partial charge in [-0.25, -0.2) is 4.79 Å². The van der Waals surface area contributed by atoms with E-state index in [1.807, 2.05) is 30.3 Å². The van der Waals surface area contributed by atoms with Gasteiger partial charge in [-0.3, -0.25) is 19.3 Å². The highest BCUT2D eigenvalue weighted by Crippen LogP contribution is 2.00. The van der Waals surface area contributed by atoms with Gasteiger partial charge in [-0.15, -0.1) is 0 Å². The number of benzene rings is 1. The second-order valence-electron chi connectivity index (χ2n) is 5.08. The number of carbonyl (C=O) groups excluding carboxylic acids is 4. The van der Waals surface area contributed by atoms with Crippen molar-refractivity contribution in [2.24, 2.45) is 0 Å². The Labute approximate surface area is 144 Å². The van der Waals surface area contributed by atoms with Crippen LogP contribution in [0.5, 0.6) is 0 Å². The molecule has 0 aliphatic rings. The van der Waals surface area contributed by atoms with Gasteiger partial charge in [0.1, 0.15) is 0 Å². The molecule has 0 saturated carbocycles. The van der Waals surface area contributed by atoms with E-state index in [4.69, 9.17) is 10.3 Å². The number of hydrogen-bond acceptors (Lipinski definition) is 5. The lowest BCUT2D eigenvalue weighted by molar-refractivity contribution is -0.154. The fraction of sp³-hybridized carbons (Fsp3) is 0.312. The first-order valence-electron chi connectivity index (χ1n) is 7.31. The molecule has 1 aromatic rings. The lowest BCUT2D eigenvalue weighted by Gasteiger charge is -2.13. The number of amides is 3. The van der Waals surface area contributed by atoms with Gasteiger partial charge in [0.15, 0.2) is 6.10 Å². The van der Waals surface area contributed by atoms with Gasteiger partial charge in [0.25, 0.3) is 5.91 Å². The molecule has 3 amide bonds. The van der Waals surface area contributed by atoms with Crippen LogP contribution < -0.4 is 5.32 Å². The van der Waals surface area contributed by atoms with Crippen molar-refractivity contribution in [3.63, 3.8) is 0 Å². The minimum atomic E-state index is -1.32. The van der Waals surface area contributed by atoms with E-state index in [0.29, 0.717) is 4.90 Å². The van der Waals surface area contributed by atoms with E-state index in [2.05, 4.69) is 10.1 Å². The molecule has 1 atom stereocenters. The van der Waals surface area contributed by atoms with Crippen molar-refractivity contribution < 1.29 is 28.7 Å². The van der Waals surface area contributed by atoms with Gasteiger partial charge < -0.3 is 15.6 Å². The molecule has 0 aliphatic heterocycles. The van der Waals surface area contributed by atoms with Crippen LogP contribution in [0.2, 0.25) is 0 Å². The Hall–Kier alpha value is -3.32. The Balaban J connectivity index is 2.65. The average Bonchev–Trinajstić information content (AvgIpc) is 2.60. The molecule has 1 aromatic carbocycles. The molecule has 0 bridgehead atoms. The third-order valence-electron chi connectivity index (χ3n) is 3.24. The van der Waals surface area contributed by atoms with Crippen molar-refractivity contribution in [1.29, 1.82) is 0 Å². The van der Waals surface area contributed by atoms with Crippen LogP contribution in [0.3, 0.4) is 0 Å². The van der Waals surface area contributed by atoms with Gasteiger partial charge in [0.2, 0.25) is 5.91 Å². The molecule has 0 aromatic heterocycles. The molecule has 9 heteroatoms. The summed E-state index contributed by atoms with van der Waals surface area (Å²) >= 11 is 0. The van der Waals surface area contributed by atoms with Gasteiger partial charge in [-0.1, -0.05) is 30.3 Å². The van der Waals surface area contributed by atoms with Gasteiger partial charge >= 0.3 is 17.6 Å². The Morgan fingerprint density at radius 2 is 1.84 bits per heavy atom. The molecule has 1 rings (SSSR count). The summed E-state index contributed by atoms with van der Waals surface area (Å²) in [6, 6.07) is 9.08. The Morgan fingerprint density at radius 3 is 2.36 bits per heavy atom. The summed E-state index contributed by atoms with van der Waals surface area (Å²) in [6.45, 7) is 2.62. The number of nitrogens with one attached hydrogen (secondary N) is 1. The van der Waals surface area contributed by atoms with Crippen molar-refractivity contribution in [3.05, 3.63) is 41.4 Å². The summed E-state index contributed by atoms with van der Waals surface area (Å²) in [5.41, 5.74) is 8.68. The zero-order valence-electron chi connectivity index (χ0n) is 14.1. The highest BCUT2D eigenvalue weighted by molar-refractivity contribution is 6.62. The van der Waals surface area contributed by atoms with E-state index in [0.717, 1.165) is 19.5 Å². The molecule has 0 fully saturated rings. The molecule has 0 saturated heterocycles. The summed E-state index contributed by atoms with van der Waals surface area (Å²) < 4.78 is 4.80. The summed E-state index contributed by atoms with van der Waals surface area (Å²) in [5, 5.41) is 2.56. The lowest BCUT2D eigenvalue weighted by Crippen LogP contribution is -2.43. The smallest absolute Gasteiger partial charge is 0.444 e. The van der Waals surface area contributed by atoms with Crippen molar-refractivity contribution in [2.75, 3.05) is 7.05 Å². The van der Waals surface area contributed by atoms with Crippen molar-refractivity contribution >= 4 is 29.4 Å². The zero-order chi connectivity index (χ0) is 19.0. The van der Waals surface area contributed by atoms with E-state index in [1.54, 1.807) is 0 Å². The van der Waals surface area contributed by atoms with Crippen LogP contribution in [-0.2, 0) is 30.5 Å². The van der Waals surface area contributed by atoms with Crippen LogP contribution in [0.4, 0.5) is 0 Å². The SMILES string of the molecule is CC(=O)N(C)C(=O)C(=[N+]=[N-])C(=O)O[C@@H](C)C(=O)NCc1ccccc1. The van der Waals surface area contributed by atoms with E-state index in [9.17, 15) is 19.2 Å². The molecule has 0 radical (unpaired) electrons. The minimum Gasteiger partial charge on any atom is -0.444 e. The van der Waals surface area contributed by atoms with Gasteiger partial charge in [-0.05, 0) is 12.5 Å². The molecule has 25 heavy (non-hydrogen) atoms. The molecule has 132 valence electrons. The summed E-state index contributed by atoms with van der Waals surface area (Å²) in [6.07, 6.45) is -1.23. The van der Waals surface area contributed by atoms with Crippen LogP contribution in [0.15, 0.2) is 30.3 Å². The molecule has 0 heterocycles. The maximum Gasteiger partial charge on any atom is 0.463 e. The second kappa shape index (κ2) is 9.09. The van der Waals surface area contributed by atoms with Crippen LogP contribution >= 0.6 is 0 Å². The Kier molecular flexibility index (Phi) is 7.17. The Bertz CT molecular complexity index is 725. The third kappa shape index (κ3) is 5.67. The highest BCUT2D eigenvalue weighted by atomic mass is 16.5. The minimum absolute atomic E-state index is 0.231. The first kappa shape index (κ1) is 19.7. The third-order valence-corrected chi connectivity index (χ3v) is 3.24. The number of imide groups is 1. The monoisotopic (exact) mass is 346 g/mol. The first-order chi connectivity index (χ1) is 11.8. The molecule has 0 aliphatic carbocycles. The van der Waals surface area contributed by atoms with Crippen LogP contribution in [0.25, 0.3) is 5.53 Å². The number of hydrogen-bond donors (Lipinski definition) is 1. The van der Waals surface area contributed by atoms with Crippen molar-refractivity contribution in [3.8, 4) is 0 Å². The van der Waals surface area contributed by atoms with E-state index in [-0.39, 0.29) is 6.54 Å². The quantitative estimate of drug-likeness (QED) is 0.253. The number of nitrogens with zero attached hydrogens (tertiary/aromatic N) is 3. The largest absolute Gasteiger partial charge is 0.463 e. The molecule has 9 nitrogen and oxygen atoms in total. The van der Waals surface area contributed by atoms with Gasteiger partial charge in [0, 0.05) is 20.5 Å². The standard InChI is InChI=1S/C16H18N4O5/c1-10(14(22)18-9-12-7-5-4-6-8-12)25-16(24)13(19-17)15(23)20(3)11(2)21/h4-8,10H,9H2,1-3H3,(H,18,22)/t10-/m0/s1. The summed E-state index contributed by atoms with van der Waals surface area (Å²) in [4.78, 5) is 49.9. The van der Waals surface area contributed by atoms with E-state index >= 15 is 0 Å². The van der Waals surface area contributed by atoms with Crippen LogP contribution in [-0.4, -0.2) is 52.2 Å². The zero-order valence-corrected chi connectivity index (χ0v) is 14.1. The maximum atomic E-state index is 11.9. The average molecular weight is 346 g/mol. The first-order valence-corrected chi connectivity index (χ1v) is 7.31. The molecular formula is C16H18N4O5. The highest BCUT2D eigenvalue weighted by Gasteiger charge is 2.37. The summed E-state index contributed by atoms with van der Waals surface area (Å²) in [5.74, 6) is -3.71. The Morgan fingerprint density at radius 1 is 1.24 bits per heavy atom. The van der Waals surface area contributed by atoms with E-state index in [1.165, 1.54) is 6.92 Å². The normalized spacial score (nSPS) is 10.8. The molecule has 1 N–H and O–H groups in total. The van der Waals surface area contributed by atoms with E-state index < -0.39 is 35.5 Å². The fourth-order valence-electron chi connectivity index (χ4n) is 1.67. The predicted octanol–water partition coefficient (Wildman–Crippen LogP) is -0.0898. The number of esters is 1. The number of carbonyl (C=O) groups is 4. The molecule has 0 unspecified atom stereocenters. The number of ether oxygens (including phenoxy) is 1.